The van der Waals surface area contributed by atoms with Crippen LogP contribution in [0.3, 0.4) is 0 Å². The highest BCUT2D eigenvalue weighted by Crippen LogP contribution is 2.29. The van der Waals surface area contributed by atoms with Gasteiger partial charge in [-0.2, -0.15) is 0 Å². The zero-order valence-electron chi connectivity index (χ0n) is 11.1. The Balaban J connectivity index is 2.50. The van der Waals surface area contributed by atoms with Crippen LogP contribution in [0.25, 0.3) is 11.3 Å². The van der Waals surface area contributed by atoms with Crippen molar-refractivity contribution in [2.75, 3.05) is 7.11 Å². The molecule has 0 bridgehead atoms. The Morgan fingerprint density at radius 1 is 1.23 bits per heavy atom. The number of rotatable bonds is 3. The predicted octanol–water partition coefficient (Wildman–Crippen LogP) is 4.09. The van der Waals surface area contributed by atoms with Crippen molar-refractivity contribution in [1.29, 1.82) is 0 Å². The molecule has 0 atom stereocenters. The summed E-state index contributed by atoms with van der Waals surface area (Å²) in [6.45, 7) is 0. The second kappa shape index (κ2) is 6.23. The van der Waals surface area contributed by atoms with Crippen molar-refractivity contribution in [2.45, 2.75) is 6.36 Å². The number of halogens is 4. The molecule has 8 heteroatoms. The number of carbonyl (C=O) groups is 1. The largest absolute Gasteiger partial charge is 0.573 e. The van der Waals surface area contributed by atoms with Crippen molar-refractivity contribution >= 4 is 17.6 Å². The van der Waals surface area contributed by atoms with Crippen molar-refractivity contribution < 1.29 is 27.4 Å². The van der Waals surface area contributed by atoms with Gasteiger partial charge in [0, 0.05) is 5.56 Å². The summed E-state index contributed by atoms with van der Waals surface area (Å²) in [7, 11) is 1.18. The molecule has 0 radical (unpaired) electrons. The Labute approximate surface area is 128 Å². The molecular weight excluding hydrogens is 323 g/mol. The lowest BCUT2D eigenvalue weighted by Gasteiger charge is -2.11. The van der Waals surface area contributed by atoms with Gasteiger partial charge in [0.2, 0.25) is 0 Å². The van der Waals surface area contributed by atoms with Gasteiger partial charge < -0.3 is 9.47 Å². The van der Waals surface area contributed by atoms with Crippen LogP contribution in [0.1, 0.15) is 10.4 Å². The molecule has 22 heavy (non-hydrogen) atoms. The summed E-state index contributed by atoms with van der Waals surface area (Å²) in [5.41, 5.74) is 0.424. The third-order valence-electron chi connectivity index (χ3n) is 2.61. The van der Waals surface area contributed by atoms with Gasteiger partial charge >= 0.3 is 12.3 Å². The highest BCUT2D eigenvalue weighted by molar-refractivity contribution is 6.29. The number of methoxy groups -OCH3 is 1. The first kappa shape index (κ1) is 16.1. The van der Waals surface area contributed by atoms with Crippen molar-refractivity contribution in [3.8, 4) is 17.0 Å². The minimum absolute atomic E-state index is 0.0797. The lowest BCUT2D eigenvalue weighted by molar-refractivity contribution is -0.274. The molecule has 0 saturated carbocycles. The van der Waals surface area contributed by atoms with Gasteiger partial charge in [-0.1, -0.05) is 23.7 Å². The number of alkyl halides is 3. The summed E-state index contributed by atoms with van der Waals surface area (Å²) in [4.78, 5) is 15.7. The van der Waals surface area contributed by atoms with E-state index in [4.69, 9.17) is 11.6 Å². The fourth-order valence-electron chi connectivity index (χ4n) is 1.77. The molecule has 2 aromatic rings. The fourth-order valence-corrected chi connectivity index (χ4v) is 1.92. The van der Waals surface area contributed by atoms with Crippen LogP contribution in [0, 0.1) is 0 Å². The molecule has 0 unspecified atom stereocenters. The SMILES string of the molecule is COC(=O)c1ccc(Cl)nc1-c1cccc(OC(F)(F)F)c1. The zero-order chi connectivity index (χ0) is 16.3. The first-order chi connectivity index (χ1) is 10.3. The van der Waals surface area contributed by atoms with Gasteiger partial charge in [0.15, 0.2) is 0 Å². The first-order valence-corrected chi connectivity index (χ1v) is 6.29. The number of ether oxygens (including phenoxy) is 2. The molecule has 0 saturated heterocycles. The summed E-state index contributed by atoms with van der Waals surface area (Å²) >= 11 is 5.79. The molecule has 1 aromatic heterocycles. The molecule has 2 rings (SSSR count). The molecule has 0 amide bonds. The van der Waals surface area contributed by atoms with E-state index in [0.717, 1.165) is 12.1 Å². The predicted molar refractivity (Wildman–Crippen MR) is 72.7 cm³/mol. The van der Waals surface area contributed by atoms with Crippen molar-refractivity contribution in [3.63, 3.8) is 0 Å². The average Bonchev–Trinajstić information content (AvgIpc) is 2.45. The van der Waals surface area contributed by atoms with E-state index in [-0.39, 0.29) is 22.0 Å². The van der Waals surface area contributed by atoms with Gasteiger partial charge in [-0.25, -0.2) is 9.78 Å². The average molecular weight is 332 g/mol. The quantitative estimate of drug-likeness (QED) is 0.628. The molecule has 0 aliphatic heterocycles. The van der Waals surface area contributed by atoms with Crippen molar-refractivity contribution in [2.24, 2.45) is 0 Å². The van der Waals surface area contributed by atoms with Gasteiger partial charge in [-0.3, -0.25) is 0 Å². The number of pyridine rings is 1. The van der Waals surface area contributed by atoms with E-state index < -0.39 is 18.1 Å². The normalized spacial score (nSPS) is 11.1. The minimum atomic E-state index is -4.81. The van der Waals surface area contributed by atoms with Crippen LogP contribution in [0.4, 0.5) is 13.2 Å². The Morgan fingerprint density at radius 3 is 2.59 bits per heavy atom. The molecule has 0 aliphatic rings. The Hall–Kier alpha value is -2.28. The first-order valence-electron chi connectivity index (χ1n) is 5.91. The zero-order valence-corrected chi connectivity index (χ0v) is 11.9. The highest BCUT2D eigenvalue weighted by atomic mass is 35.5. The number of aromatic nitrogens is 1. The second-order valence-corrected chi connectivity index (χ2v) is 4.48. The summed E-state index contributed by atoms with van der Waals surface area (Å²) < 4.78 is 45.3. The smallest absolute Gasteiger partial charge is 0.465 e. The molecule has 0 spiro atoms. The number of hydrogen-bond donors (Lipinski definition) is 0. The van der Waals surface area contributed by atoms with Crippen molar-refractivity contribution in [1.82, 2.24) is 4.98 Å². The van der Waals surface area contributed by atoms with Crippen LogP contribution in [-0.4, -0.2) is 24.4 Å². The van der Waals surface area contributed by atoms with Gasteiger partial charge in [0.25, 0.3) is 0 Å². The summed E-state index contributed by atoms with van der Waals surface area (Å²) in [5, 5.41) is 0.0878. The lowest BCUT2D eigenvalue weighted by atomic mass is 10.1. The van der Waals surface area contributed by atoms with E-state index in [0.29, 0.717) is 0 Å². The maximum atomic E-state index is 12.3. The molecular formula is C14H9ClF3NO3. The van der Waals surface area contributed by atoms with Gasteiger partial charge in [0.1, 0.15) is 10.9 Å². The Bertz CT molecular complexity index is 704. The molecule has 0 fully saturated rings. The fraction of sp³-hybridized carbons (Fsp3) is 0.143. The standard InChI is InChI=1S/C14H9ClF3NO3/c1-21-13(20)10-5-6-11(15)19-12(10)8-3-2-4-9(7-8)22-14(16,17)18/h2-7H,1H3. The topological polar surface area (TPSA) is 48.4 Å². The van der Waals surface area contributed by atoms with E-state index in [1.54, 1.807) is 0 Å². The van der Waals surface area contributed by atoms with Crippen LogP contribution in [0.15, 0.2) is 36.4 Å². The number of benzene rings is 1. The van der Waals surface area contributed by atoms with Crippen molar-refractivity contribution in [3.05, 3.63) is 47.1 Å². The Kier molecular flexibility index (Phi) is 4.56. The lowest BCUT2D eigenvalue weighted by Crippen LogP contribution is -2.17. The van der Waals surface area contributed by atoms with Crippen LogP contribution in [0.2, 0.25) is 5.15 Å². The third kappa shape index (κ3) is 3.88. The summed E-state index contributed by atoms with van der Waals surface area (Å²) in [6.07, 6.45) is -4.81. The monoisotopic (exact) mass is 331 g/mol. The Morgan fingerprint density at radius 2 is 1.95 bits per heavy atom. The van der Waals surface area contributed by atoms with Crippen LogP contribution in [-0.2, 0) is 4.74 Å². The second-order valence-electron chi connectivity index (χ2n) is 4.10. The van der Waals surface area contributed by atoms with Crippen LogP contribution in [0.5, 0.6) is 5.75 Å². The molecule has 1 aromatic carbocycles. The van der Waals surface area contributed by atoms with E-state index in [9.17, 15) is 18.0 Å². The van der Waals surface area contributed by atoms with E-state index >= 15 is 0 Å². The maximum Gasteiger partial charge on any atom is 0.573 e. The minimum Gasteiger partial charge on any atom is -0.465 e. The molecule has 0 N–H and O–H groups in total. The molecule has 4 nitrogen and oxygen atoms in total. The van der Waals surface area contributed by atoms with E-state index in [2.05, 4.69) is 14.5 Å². The molecule has 1 heterocycles. The van der Waals surface area contributed by atoms with Crippen LogP contribution < -0.4 is 4.74 Å². The number of carbonyl (C=O) groups excluding carboxylic acids is 1. The summed E-state index contributed by atoms with van der Waals surface area (Å²) in [6, 6.07) is 7.84. The molecule has 0 aliphatic carbocycles. The molecule has 116 valence electrons. The number of hydrogen-bond acceptors (Lipinski definition) is 4. The van der Waals surface area contributed by atoms with Gasteiger partial charge in [0.05, 0.1) is 18.4 Å². The summed E-state index contributed by atoms with van der Waals surface area (Å²) in [5.74, 6) is -1.11. The number of nitrogens with zero attached hydrogens (tertiary/aromatic N) is 1. The van der Waals surface area contributed by atoms with E-state index in [1.807, 2.05) is 0 Å². The highest BCUT2D eigenvalue weighted by Gasteiger charge is 2.31. The van der Waals surface area contributed by atoms with Gasteiger partial charge in [-0.15, -0.1) is 13.2 Å². The third-order valence-corrected chi connectivity index (χ3v) is 2.82. The van der Waals surface area contributed by atoms with Gasteiger partial charge in [-0.05, 0) is 24.3 Å². The van der Waals surface area contributed by atoms with Crippen LogP contribution >= 0.6 is 11.6 Å². The number of esters is 1. The maximum absolute atomic E-state index is 12.3. The van der Waals surface area contributed by atoms with E-state index in [1.165, 1.54) is 31.4 Å².